The van der Waals surface area contributed by atoms with E-state index in [1.807, 2.05) is 0 Å². The summed E-state index contributed by atoms with van der Waals surface area (Å²) in [6.45, 7) is 2.40. The fourth-order valence-corrected chi connectivity index (χ4v) is 0.435. The number of alkyl halides is 3. The number of rotatable bonds is 6. The molecule has 0 spiro atoms. The molecule has 0 heterocycles. The van der Waals surface area contributed by atoms with E-state index >= 15 is 0 Å². The summed E-state index contributed by atoms with van der Waals surface area (Å²) in [6.07, 6.45) is -4.92. The van der Waals surface area contributed by atoms with Gasteiger partial charge in [0.25, 0.3) is 12.8 Å². The molecule has 0 aliphatic carbocycles. The summed E-state index contributed by atoms with van der Waals surface area (Å²) >= 11 is 0. The van der Waals surface area contributed by atoms with E-state index in [0.29, 0.717) is 0 Å². The molecule has 1 atom stereocenters. The largest absolute Gasteiger partial charge is 0.460 e. The molecule has 0 aromatic rings. The second-order valence-corrected chi connectivity index (χ2v) is 1.93. The van der Waals surface area contributed by atoms with Crippen LogP contribution in [0.5, 0.6) is 0 Å². The van der Waals surface area contributed by atoms with Crippen LogP contribution < -0.4 is 0 Å². The van der Waals surface area contributed by atoms with Gasteiger partial charge in [0.15, 0.2) is 0 Å². The maximum Gasteiger partial charge on any atom is 0.330 e. The third-order valence-electron chi connectivity index (χ3n) is 0.969. The quantitative estimate of drug-likeness (QED) is 0.366. The van der Waals surface area contributed by atoms with Gasteiger partial charge in [0.1, 0.15) is 6.61 Å². The third kappa shape index (κ3) is 6.15. The molecule has 3 nitrogen and oxygen atoms in total. The van der Waals surface area contributed by atoms with Crippen LogP contribution in [0, 0.1) is 0 Å². The Morgan fingerprint density at radius 3 is 2.46 bits per heavy atom. The fraction of sp³-hybridized carbons (Fsp3) is 0.571. The van der Waals surface area contributed by atoms with Crippen LogP contribution in [0.1, 0.15) is 0 Å². The van der Waals surface area contributed by atoms with Crippen LogP contribution in [0.4, 0.5) is 13.2 Å². The van der Waals surface area contributed by atoms with Gasteiger partial charge in [0.05, 0.1) is 6.61 Å². The van der Waals surface area contributed by atoms with E-state index in [2.05, 4.69) is 16.1 Å². The molecule has 0 saturated carbocycles. The number of ether oxygens (including phenoxy) is 2. The van der Waals surface area contributed by atoms with Crippen LogP contribution in [0.3, 0.4) is 0 Å². The molecule has 0 rings (SSSR count). The molecule has 0 aromatic carbocycles. The van der Waals surface area contributed by atoms with Crippen molar-refractivity contribution in [1.82, 2.24) is 0 Å². The molecule has 1 unspecified atom stereocenters. The number of hydrogen-bond acceptors (Lipinski definition) is 3. The van der Waals surface area contributed by atoms with Crippen LogP contribution in [0.25, 0.3) is 0 Å². The van der Waals surface area contributed by atoms with Crippen molar-refractivity contribution in [3.05, 3.63) is 12.7 Å². The highest BCUT2D eigenvalue weighted by atomic mass is 19.3. The van der Waals surface area contributed by atoms with Crippen molar-refractivity contribution in [2.75, 3.05) is 13.2 Å². The number of carbonyl (C=O) groups is 1. The Morgan fingerprint density at radius 1 is 1.38 bits per heavy atom. The summed E-state index contributed by atoms with van der Waals surface area (Å²) in [5, 5.41) is 0. The lowest BCUT2D eigenvalue weighted by Gasteiger charge is -2.07. The molecule has 0 aromatic heterocycles. The lowest BCUT2D eigenvalue weighted by molar-refractivity contribution is -0.151. The van der Waals surface area contributed by atoms with Gasteiger partial charge < -0.3 is 9.47 Å². The molecule has 0 fully saturated rings. The smallest absolute Gasteiger partial charge is 0.330 e. The SMILES string of the molecule is C=CC(=O)OCCOC(F)C(F)F. The first-order valence-corrected chi connectivity index (χ1v) is 3.41. The number of carbonyl (C=O) groups excluding carboxylic acids is 1. The van der Waals surface area contributed by atoms with Gasteiger partial charge in [-0.25, -0.2) is 18.0 Å². The number of hydrogen-bond donors (Lipinski definition) is 0. The normalized spacial score (nSPS) is 12.6. The zero-order valence-corrected chi connectivity index (χ0v) is 6.71. The summed E-state index contributed by atoms with van der Waals surface area (Å²) in [5.74, 6) is -0.712. The van der Waals surface area contributed by atoms with Crippen molar-refractivity contribution in [3.8, 4) is 0 Å². The van der Waals surface area contributed by atoms with Crippen molar-refractivity contribution in [1.29, 1.82) is 0 Å². The molecule has 6 heteroatoms. The zero-order chi connectivity index (χ0) is 10.3. The lowest BCUT2D eigenvalue weighted by Crippen LogP contribution is -2.19. The van der Waals surface area contributed by atoms with Crippen molar-refractivity contribution in [2.45, 2.75) is 12.8 Å². The highest BCUT2D eigenvalue weighted by molar-refractivity contribution is 5.81. The Balaban J connectivity index is 3.35. The first-order valence-electron chi connectivity index (χ1n) is 3.41. The summed E-state index contributed by atoms with van der Waals surface area (Å²) < 4.78 is 43.2. The molecule has 13 heavy (non-hydrogen) atoms. The van der Waals surface area contributed by atoms with Crippen molar-refractivity contribution < 1.29 is 27.4 Å². The number of esters is 1. The summed E-state index contributed by atoms with van der Waals surface area (Å²) in [6, 6.07) is 0. The van der Waals surface area contributed by atoms with Crippen LogP contribution in [0.2, 0.25) is 0 Å². The first kappa shape index (κ1) is 12.0. The monoisotopic (exact) mass is 198 g/mol. The molecule has 0 aliphatic heterocycles. The van der Waals surface area contributed by atoms with E-state index in [-0.39, 0.29) is 6.61 Å². The highest BCUT2D eigenvalue weighted by Crippen LogP contribution is 2.05. The maximum atomic E-state index is 12.0. The van der Waals surface area contributed by atoms with E-state index in [1.165, 1.54) is 0 Å². The zero-order valence-electron chi connectivity index (χ0n) is 6.71. The van der Waals surface area contributed by atoms with Gasteiger partial charge >= 0.3 is 5.97 Å². The second kappa shape index (κ2) is 6.47. The third-order valence-corrected chi connectivity index (χ3v) is 0.969. The average Bonchev–Trinajstić information content (AvgIpc) is 2.11. The van der Waals surface area contributed by atoms with Crippen LogP contribution in [0.15, 0.2) is 12.7 Å². The molecule has 0 saturated heterocycles. The number of halogens is 3. The molecule has 0 aliphatic rings. The summed E-state index contributed by atoms with van der Waals surface area (Å²) in [4.78, 5) is 10.4. The van der Waals surface area contributed by atoms with Gasteiger partial charge in [-0.15, -0.1) is 0 Å². The van der Waals surface area contributed by atoms with Gasteiger partial charge in [0.2, 0.25) is 0 Å². The first-order chi connectivity index (χ1) is 6.07. The molecular weight excluding hydrogens is 189 g/mol. The van der Waals surface area contributed by atoms with Gasteiger partial charge in [0, 0.05) is 6.08 Å². The van der Waals surface area contributed by atoms with Gasteiger partial charge in [-0.1, -0.05) is 6.58 Å². The average molecular weight is 198 g/mol. The van der Waals surface area contributed by atoms with Gasteiger partial charge in [-0.3, -0.25) is 0 Å². The minimum absolute atomic E-state index is 0.280. The molecule has 0 radical (unpaired) electrons. The molecule has 0 amide bonds. The van der Waals surface area contributed by atoms with E-state index in [0.717, 1.165) is 6.08 Å². The highest BCUT2D eigenvalue weighted by Gasteiger charge is 2.19. The van der Waals surface area contributed by atoms with E-state index in [1.54, 1.807) is 0 Å². The minimum atomic E-state index is -3.19. The Bertz CT molecular complexity index is 172. The van der Waals surface area contributed by atoms with Crippen LogP contribution in [-0.4, -0.2) is 32.0 Å². The van der Waals surface area contributed by atoms with Crippen molar-refractivity contribution in [2.24, 2.45) is 0 Å². The summed E-state index contributed by atoms with van der Waals surface area (Å²) in [7, 11) is 0. The van der Waals surface area contributed by atoms with Crippen molar-refractivity contribution >= 4 is 5.97 Å². The molecular formula is C7H9F3O3. The Kier molecular flexibility index (Phi) is 5.96. The topological polar surface area (TPSA) is 35.5 Å². The maximum absolute atomic E-state index is 12.0. The van der Waals surface area contributed by atoms with E-state index < -0.39 is 25.4 Å². The van der Waals surface area contributed by atoms with Gasteiger partial charge in [-0.2, -0.15) is 0 Å². The van der Waals surface area contributed by atoms with Crippen LogP contribution >= 0.6 is 0 Å². The van der Waals surface area contributed by atoms with Gasteiger partial charge in [-0.05, 0) is 0 Å². The second-order valence-electron chi connectivity index (χ2n) is 1.93. The Morgan fingerprint density at radius 2 is 2.00 bits per heavy atom. The van der Waals surface area contributed by atoms with E-state index in [4.69, 9.17) is 0 Å². The van der Waals surface area contributed by atoms with E-state index in [9.17, 15) is 18.0 Å². The molecule has 76 valence electrons. The van der Waals surface area contributed by atoms with Crippen molar-refractivity contribution in [3.63, 3.8) is 0 Å². The Hall–Kier alpha value is -1.04. The minimum Gasteiger partial charge on any atom is -0.460 e. The lowest BCUT2D eigenvalue weighted by atomic mass is 10.6. The molecule has 0 N–H and O–H groups in total. The predicted molar refractivity (Wildman–Crippen MR) is 38.0 cm³/mol. The van der Waals surface area contributed by atoms with Crippen LogP contribution in [-0.2, 0) is 14.3 Å². The predicted octanol–water partition coefficient (Wildman–Crippen LogP) is 1.29. The fourth-order valence-electron chi connectivity index (χ4n) is 0.435. The molecule has 0 bridgehead atoms. The Labute approximate surface area is 73.1 Å². The standard InChI is InChI=1S/C7H9F3O3/c1-2-5(11)12-3-4-13-7(10)6(8)9/h2,6-7H,1,3-4H2. The summed E-state index contributed by atoms with van der Waals surface area (Å²) in [5.41, 5.74) is 0.